The van der Waals surface area contributed by atoms with Gasteiger partial charge in [0.25, 0.3) is 0 Å². The number of aryl methyl sites for hydroxylation is 4. The first-order valence-corrected chi connectivity index (χ1v) is 15.5. The molecule has 1 aliphatic heterocycles. The summed E-state index contributed by atoms with van der Waals surface area (Å²) in [6, 6.07) is 12.6. The number of nitrogens with two attached hydrogens (primary N) is 1. The van der Waals surface area contributed by atoms with E-state index in [1.54, 1.807) is 6.20 Å². The fourth-order valence-corrected chi connectivity index (χ4v) is 4.85. The van der Waals surface area contributed by atoms with Crippen molar-refractivity contribution < 1.29 is 34.9 Å². The minimum Gasteiger partial charge on any atom is -0.261 e. The third kappa shape index (κ3) is 12.8. The van der Waals surface area contributed by atoms with Crippen molar-refractivity contribution >= 4 is 5.78 Å². The summed E-state index contributed by atoms with van der Waals surface area (Å²) in [5.41, 5.74) is 11.7. The van der Waals surface area contributed by atoms with Gasteiger partial charge >= 0.3 is 25.4 Å². The summed E-state index contributed by atoms with van der Waals surface area (Å²) in [6.07, 6.45) is 15.6. The molecule has 1 fully saturated rings. The molecule has 1 atom stereocenters. The van der Waals surface area contributed by atoms with Gasteiger partial charge in [-0.2, -0.15) is 0 Å². The first kappa shape index (κ1) is 37.0. The van der Waals surface area contributed by atoms with Gasteiger partial charge in [0.05, 0.1) is 5.69 Å². The zero-order valence-corrected chi connectivity index (χ0v) is 25.2. The molecule has 0 aromatic carbocycles. The molecule has 4 aliphatic rings. The second-order valence-electron chi connectivity index (χ2n) is 9.33. The number of ketones is 1. The van der Waals surface area contributed by atoms with E-state index in [4.69, 9.17) is 16.1 Å². The van der Waals surface area contributed by atoms with Gasteiger partial charge in [-0.15, -0.1) is 0 Å². The molecule has 1 saturated heterocycles. The number of rotatable bonds is 1. The molecule has 0 radical (unpaired) electrons. The van der Waals surface area contributed by atoms with Crippen LogP contribution in [-0.2, 0) is 55.8 Å². The van der Waals surface area contributed by atoms with Crippen molar-refractivity contribution in [3.8, 4) is 0 Å². The van der Waals surface area contributed by atoms with Crippen LogP contribution in [0.4, 0.5) is 0 Å². The fourth-order valence-electron chi connectivity index (χ4n) is 4.85. The van der Waals surface area contributed by atoms with Crippen molar-refractivity contribution in [1.29, 1.82) is 0 Å². The molecule has 0 spiro atoms. The number of nitrogens with zero attached hydrogens (tertiary/aromatic N) is 3. The van der Waals surface area contributed by atoms with Gasteiger partial charge in [0, 0.05) is 61.2 Å². The van der Waals surface area contributed by atoms with E-state index in [1.165, 1.54) is 68.1 Å². The Morgan fingerprint density at radius 2 is 1.38 bits per heavy atom. The van der Waals surface area contributed by atoms with Crippen LogP contribution in [0.25, 0.3) is 0 Å². The molecule has 0 bridgehead atoms. The minimum atomic E-state index is -3.79. The molecular formula is C31H45CrN5O5. The molecule has 3 aromatic heterocycles. The van der Waals surface area contributed by atoms with Crippen LogP contribution in [0, 0.1) is 0 Å². The van der Waals surface area contributed by atoms with Crippen LogP contribution >= 0.6 is 0 Å². The maximum atomic E-state index is 11.0. The molecule has 3 N–H and O–H groups in total. The monoisotopic (exact) mass is 619 g/mol. The summed E-state index contributed by atoms with van der Waals surface area (Å²) in [6.45, 7) is 2.00. The Hall–Kier alpha value is -3.07. The Labute approximate surface area is 253 Å². The van der Waals surface area contributed by atoms with Crippen LogP contribution in [0.3, 0.4) is 0 Å². The third-order valence-electron chi connectivity index (χ3n) is 6.77. The molecule has 7 rings (SSSR count). The van der Waals surface area contributed by atoms with Crippen molar-refractivity contribution in [2.24, 2.45) is 5.73 Å². The number of carbonyl (C=O) groups is 1. The van der Waals surface area contributed by atoms with Crippen LogP contribution in [-0.4, -0.2) is 48.0 Å². The standard InChI is InChI=1S/C9H12N2.C8H7NO.C8H9N.C4H8O.CH5N.CH4.Cr.3O/c1-10-8-4-5-9-7(8)3-2-6-11-9;10-8-4-3-7-6(8)2-1-5-9-7;1-3-7-4-2-6-9-8(7)5-1;1-2-4-5-3-1;1-2;;;;;/h2-3,6,8,10H,4-5H2,1H3;1-2,5H,3-4H2;2,4,6H,1,3,5H2;1-4H2;2H2,1H3;1H4;;;;. The summed E-state index contributed by atoms with van der Waals surface area (Å²) in [5, 5.41) is 3.28. The van der Waals surface area contributed by atoms with Crippen LogP contribution in [0.2, 0.25) is 0 Å². The van der Waals surface area contributed by atoms with E-state index in [0.717, 1.165) is 37.3 Å². The summed E-state index contributed by atoms with van der Waals surface area (Å²) in [4.78, 5) is 23.7. The Kier molecular flexibility index (Phi) is 19.0. The molecule has 4 heterocycles. The number of ether oxygens (including phenoxy) is 1. The average molecular weight is 620 g/mol. The predicted octanol–water partition coefficient (Wildman–Crippen LogP) is 4.72. The molecule has 3 aliphatic carbocycles. The maximum absolute atomic E-state index is 11.0. The second kappa shape index (κ2) is 21.6. The average Bonchev–Trinajstić information content (AvgIpc) is 3.83. The van der Waals surface area contributed by atoms with Crippen molar-refractivity contribution in [2.45, 2.75) is 71.3 Å². The Morgan fingerprint density at radius 3 is 1.95 bits per heavy atom. The van der Waals surface area contributed by atoms with E-state index in [-0.39, 0.29) is 13.2 Å². The topological polar surface area (TPSA) is 154 Å². The molecular weight excluding hydrogens is 574 g/mol. The number of pyridine rings is 3. The van der Waals surface area contributed by atoms with E-state index >= 15 is 0 Å². The molecule has 10 nitrogen and oxygen atoms in total. The number of hydrogen-bond acceptors (Lipinski definition) is 10. The summed E-state index contributed by atoms with van der Waals surface area (Å²) in [5.74, 6) is 0.239. The van der Waals surface area contributed by atoms with Crippen LogP contribution < -0.4 is 11.1 Å². The number of Topliss-reactive ketones (excluding diaryl/α,β-unsaturated/α-hetero) is 1. The van der Waals surface area contributed by atoms with E-state index in [9.17, 15) is 4.79 Å². The van der Waals surface area contributed by atoms with Gasteiger partial charge < -0.3 is 15.8 Å². The van der Waals surface area contributed by atoms with Crippen molar-refractivity contribution in [3.05, 3.63) is 88.8 Å². The molecule has 42 heavy (non-hydrogen) atoms. The summed E-state index contributed by atoms with van der Waals surface area (Å²) in [7, 11) is 3.51. The number of aromatic nitrogens is 3. The van der Waals surface area contributed by atoms with Gasteiger partial charge in [0.1, 0.15) is 0 Å². The van der Waals surface area contributed by atoms with E-state index in [0.29, 0.717) is 12.5 Å². The van der Waals surface area contributed by atoms with Gasteiger partial charge in [-0.05, 0) is 101 Å². The molecule has 1 unspecified atom stereocenters. The van der Waals surface area contributed by atoms with Crippen LogP contribution in [0.15, 0.2) is 55.0 Å². The first-order chi connectivity index (χ1) is 20.0. The predicted molar refractivity (Wildman–Crippen MR) is 156 cm³/mol. The quantitative estimate of drug-likeness (QED) is 0.391. The molecule has 3 aromatic rings. The van der Waals surface area contributed by atoms with E-state index < -0.39 is 14.0 Å². The van der Waals surface area contributed by atoms with Gasteiger partial charge in [-0.1, -0.05) is 19.6 Å². The van der Waals surface area contributed by atoms with Crippen molar-refractivity contribution in [2.75, 3.05) is 27.3 Å². The number of nitrogens with one attached hydrogen (secondary N) is 1. The Balaban J connectivity index is 0.000000267. The zero-order valence-electron chi connectivity index (χ0n) is 23.9. The van der Waals surface area contributed by atoms with E-state index in [1.807, 2.05) is 43.7 Å². The van der Waals surface area contributed by atoms with Crippen LogP contribution in [0.1, 0.15) is 84.1 Å². The summed E-state index contributed by atoms with van der Waals surface area (Å²) >= 11 is -3.79. The molecule has 11 heteroatoms. The number of hydrogen-bond donors (Lipinski definition) is 2. The van der Waals surface area contributed by atoms with Gasteiger partial charge in [-0.25, -0.2) is 0 Å². The Bertz CT molecular complexity index is 1280. The minimum absolute atomic E-state index is 0. The van der Waals surface area contributed by atoms with Crippen molar-refractivity contribution in [1.82, 2.24) is 20.3 Å². The smallest absolute Gasteiger partial charge is 0.0435 e. The molecule has 0 amide bonds. The fraction of sp³-hybridized carbons (Fsp3) is 0.484. The Morgan fingerprint density at radius 1 is 0.786 bits per heavy atom. The van der Waals surface area contributed by atoms with E-state index in [2.05, 4.69) is 38.1 Å². The van der Waals surface area contributed by atoms with Gasteiger partial charge in [-0.3, -0.25) is 19.7 Å². The second-order valence-corrected chi connectivity index (χ2v) is 9.96. The maximum Gasteiger partial charge on any atom is 0.0435 e. The van der Waals surface area contributed by atoms with Crippen LogP contribution in [0.5, 0.6) is 0 Å². The first-order valence-electron chi connectivity index (χ1n) is 13.9. The summed E-state index contributed by atoms with van der Waals surface area (Å²) < 4.78 is 30.6. The van der Waals surface area contributed by atoms with Crippen molar-refractivity contribution in [3.63, 3.8) is 0 Å². The zero-order chi connectivity index (χ0) is 29.9. The number of fused-ring (bicyclic) bond motifs is 3. The largest absolute Gasteiger partial charge is 0.261 e. The van der Waals surface area contributed by atoms with Gasteiger partial charge in [0.15, 0.2) is 5.78 Å². The number of carbonyl (C=O) groups excluding carboxylic acids is 1. The SMILES string of the molecule is C.C1CCOC1.CN.CNC1CCc2ncccc21.O=C1CCc2ncccc21.[O]=[Cr](=[O])=[O].c1cnc2c(c1)CCC2. The third-order valence-corrected chi connectivity index (χ3v) is 6.77. The normalized spacial score (nSPS) is 16.3. The van der Waals surface area contributed by atoms with Gasteiger partial charge in [0.2, 0.25) is 0 Å². The molecule has 230 valence electrons. The molecule has 0 saturated carbocycles.